The van der Waals surface area contributed by atoms with E-state index in [-0.39, 0.29) is 0 Å². The van der Waals surface area contributed by atoms with Crippen molar-refractivity contribution in [2.45, 2.75) is 39.0 Å². The summed E-state index contributed by atoms with van der Waals surface area (Å²) in [5.74, 6) is 0.885. The Morgan fingerprint density at radius 3 is 2.74 bits per heavy atom. The number of hydrogen-bond acceptors (Lipinski definition) is 4. The number of hydrogen-bond donors (Lipinski definition) is 0. The van der Waals surface area contributed by atoms with Gasteiger partial charge in [-0.15, -0.1) is 0 Å². The molecule has 1 atom stereocenters. The third kappa shape index (κ3) is 3.70. The summed E-state index contributed by atoms with van der Waals surface area (Å²) in [5.41, 5.74) is 2.28. The van der Waals surface area contributed by atoms with Crippen LogP contribution >= 0.6 is 23.8 Å². The smallest absolute Gasteiger partial charge is 0.199 e. The lowest BCUT2D eigenvalue weighted by Gasteiger charge is -2.24. The van der Waals surface area contributed by atoms with Gasteiger partial charge in [-0.25, -0.2) is 4.68 Å². The van der Waals surface area contributed by atoms with E-state index in [9.17, 15) is 0 Å². The molecule has 1 aliphatic rings. The molecule has 0 radical (unpaired) electrons. The van der Waals surface area contributed by atoms with E-state index in [0.29, 0.717) is 12.7 Å². The highest BCUT2D eigenvalue weighted by Crippen LogP contribution is 2.32. The number of halogens is 1. The highest BCUT2D eigenvalue weighted by molar-refractivity contribution is 7.71. The van der Waals surface area contributed by atoms with Gasteiger partial charge in [0.1, 0.15) is 0 Å². The third-order valence-electron chi connectivity index (χ3n) is 5.09. The summed E-state index contributed by atoms with van der Waals surface area (Å²) in [4.78, 5) is 6.72. The molecule has 3 heterocycles. The Balaban J connectivity index is 1.64. The average Bonchev–Trinajstić information content (AvgIpc) is 3.28. The molecule has 27 heavy (non-hydrogen) atoms. The van der Waals surface area contributed by atoms with E-state index in [1.807, 2.05) is 47.4 Å². The first-order chi connectivity index (χ1) is 13.2. The van der Waals surface area contributed by atoms with Gasteiger partial charge in [-0.2, -0.15) is 5.10 Å². The maximum absolute atomic E-state index is 6.03. The fourth-order valence-corrected chi connectivity index (χ4v) is 4.19. The van der Waals surface area contributed by atoms with Crippen molar-refractivity contribution in [1.29, 1.82) is 0 Å². The van der Waals surface area contributed by atoms with Gasteiger partial charge in [-0.1, -0.05) is 17.7 Å². The number of aromatic nitrogens is 4. The average molecular weight is 400 g/mol. The standard InChI is InChI=1S/C20H22ClN5S/c1-2-25-19(15-7-9-17(21)10-8-15)23-26(20(25)27)14-24-12-4-6-18(24)16-5-3-11-22-13-16/h3,5,7-11,13,18H,2,4,6,12,14H2,1H3. The van der Waals surface area contributed by atoms with Crippen LogP contribution in [0.25, 0.3) is 11.4 Å². The molecule has 0 aliphatic carbocycles. The van der Waals surface area contributed by atoms with E-state index < -0.39 is 0 Å². The molecule has 0 saturated carbocycles. The molecule has 4 rings (SSSR count). The fraction of sp³-hybridized carbons (Fsp3) is 0.350. The predicted molar refractivity (Wildman–Crippen MR) is 110 cm³/mol. The summed E-state index contributed by atoms with van der Waals surface area (Å²) in [6.07, 6.45) is 6.09. The topological polar surface area (TPSA) is 38.9 Å². The normalized spacial score (nSPS) is 17.5. The van der Waals surface area contributed by atoms with E-state index in [0.717, 1.165) is 40.7 Å². The zero-order valence-corrected chi connectivity index (χ0v) is 16.8. The first-order valence-corrected chi connectivity index (χ1v) is 10.0. The SMILES string of the molecule is CCn1c(-c2ccc(Cl)cc2)nn(CN2CCCC2c2cccnc2)c1=S. The van der Waals surface area contributed by atoms with Crippen LogP contribution in [0.3, 0.4) is 0 Å². The molecule has 1 aliphatic heterocycles. The molecule has 0 bridgehead atoms. The number of likely N-dealkylation sites (tertiary alicyclic amines) is 1. The summed E-state index contributed by atoms with van der Waals surface area (Å²) in [6.45, 7) is 4.60. The van der Waals surface area contributed by atoms with Gasteiger partial charge in [0.2, 0.25) is 0 Å². The molecule has 1 saturated heterocycles. The van der Waals surface area contributed by atoms with Gasteiger partial charge in [-0.05, 0) is 67.9 Å². The lowest BCUT2D eigenvalue weighted by Crippen LogP contribution is -2.27. The highest BCUT2D eigenvalue weighted by Gasteiger charge is 2.27. The van der Waals surface area contributed by atoms with Gasteiger partial charge < -0.3 is 4.57 Å². The predicted octanol–water partition coefficient (Wildman–Crippen LogP) is 4.94. The van der Waals surface area contributed by atoms with Crippen LogP contribution in [0.15, 0.2) is 48.8 Å². The highest BCUT2D eigenvalue weighted by atomic mass is 35.5. The Bertz CT molecular complexity index is 964. The lowest BCUT2D eigenvalue weighted by atomic mass is 10.1. The van der Waals surface area contributed by atoms with E-state index in [2.05, 4.69) is 27.4 Å². The zero-order valence-electron chi connectivity index (χ0n) is 15.3. The molecule has 0 N–H and O–H groups in total. The molecular formula is C20H22ClN5S. The van der Waals surface area contributed by atoms with Gasteiger partial charge in [0.25, 0.3) is 0 Å². The Labute approximate surface area is 169 Å². The van der Waals surface area contributed by atoms with Gasteiger partial charge in [-0.3, -0.25) is 9.88 Å². The summed E-state index contributed by atoms with van der Waals surface area (Å²) in [6, 6.07) is 12.3. The third-order valence-corrected chi connectivity index (χ3v) is 5.77. The van der Waals surface area contributed by atoms with E-state index >= 15 is 0 Å². The Hall–Kier alpha value is -2.02. The zero-order chi connectivity index (χ0) is 18.8. The number of nitrogens with zero attached hydrogens (tertiary/aromatic N) is 5. The van der Waals surface area contributed by atoms with E-state index in [1.165, 1.54) is 12.0 Å². The number of rotatable bonds is 5. The van der Waals surface area contributed by atoms with Crippen molar-refractivity contribution in [2.75, 3.05) is 6.54 Å². The van der Waals surface area contributed by atoms with Crippen molar-refractivity contribution < 1.29 is 0 Å². The second-order valence-electron chi connectivity index (χ2n) is 6.76. The second kappa shape index (κ2) is 7.92. The van der Waals surface area contributed by atoms with Gasteiger partial charge in [0.05, 0.1) is 6.67 Å². The molecule has 0 spiro atoms. The van der Waals surface area contributed by atoms with Crippen LogP contribution in [-0.2, 0) is 13.2 Å². The Kier molecular flexibility index (Phi) is 5.38. The van der Waals surface area contributed by atoms with Crippen LogP contribution in [0.1, 0.15) is 31.4 Å². The molecule has 3 aromatic rings. The summed E-state index contributed by atoms with van der Waals surface area (Å²) < 4.78 is 4.77. The number of pyridine rings is 1. The van der Waals surface area contributed by atoms with Crippen LogP contribution in [0.4, 0.5) is 0 Å². The molecule has 0 amide bonds. The van der Waals surface area contributed by atoms with Crippen LogP contribution in [-0.4, -0.2) is 30.8 Å². The maximum Gasteiger partial charge on any atom is 0.199 e. The van der Waals surface area contributed by atoms with E-state index in [4.69, 9.17) is 28.9 Å². The van der Waals surface area contributed by atoms with Gasteiger partial charge in [0.15, 0.2) is 10.6 Å². The molecular weight excluding hydrogens is 378 g/mol. The molecule has 2 aromatic heterocycles. The minimum atomic E-state index is 0.367. The van der Waals surface area contributed by atoms with Crippen molar-refractivity contribution in [2.24, 2.45) is 0 Å². The van der Waals surface area contributed by atoms with Crippen molar-refractivity contribution in [1.82, 2.24) is 24.2 Å². The largest absolute Gasteiger partial charge is 0.300 e. The Morgan fingerprint density at radius 2 is 2.04 bits per heavy atom. The van der Waals surface area contributed by atoms with Crippen LogP contribution in [0, 0.1) is 4.77 Å². The fourth-order valence-electron chi connectivity index (χ4n) is 3.75. The van der Waals surface area contributed by atoms with Crippen LogP contribution in [0.2, 0.25) is 5.02 Å². The summed E-state index contributed by atoms with van der Waals surface area (Å²) >= 11 is 11.8. The molecule has 1 unspecified atom stereocenters. The monoisotopic (exact) mass is 399 g/mol. The first kappa shape index (κ1) is 18.3. The quantitative estimate of drug-likeness (QED) is 0.569. The van der Waals surface area contributed by atoms with Crippen molar-refractivity contribution >= 4 is 23.8 Å². The Morgan fingerprint density at radius 1 is 1.22 bits per heavy atom. The lowest BCUT2D eigenvalue weighted by molar-refractivity contribution is 0.189. The first-order valence-electron chi connectivity index (χ1n) is 9.25. The summed E-state index contributed by atoms with van der Waals surface area (Å²) in [7, 11) is 0. The molecule has 7 heteroatoms. The van der Waals surface area contributed by atoms with Gasteiger partial charge >= 0.3 is 0 Å². The number of benzene rings is 1. The summed E-state index contributed by atoms with van der Waals surface area (Å²) in [5, 5.41) is 5.57. The minimum Gasteiger partial charge on any atom is -0.300 e. The molecule has 1 aromatic carbocycles. The molecule has 140 valence electrons. The van der Waals surface area contributed by atoms with Crippen LogP contribution < -0.4 is 0 Å². The molecule has 5 nitrogen and oxygen atoms in total. The van der Waals surface area contributed by atoms with Crippen molar-refractivity contribution in [3.05, 3.63) is 64.1 Å². The van der Waals surface area contributed by atoms with E-state index in [1.54, 1.807) is 0 Å². The van der Waals surface area contributed by atoms with Crippen molar-refractivity contribution in [3.8, 4) is 11.4 Å². The van der Waals surface area contributed by atoms with Crippen LogP contribution in [0.5, 0.6) is 0 Å². The van der Waals surface area contributed by atoms with Gasteiger partial charge in [0, 0.05) is 42.1 Å². The second-order valence-corrected chi connectivity index (χ2v) is 7.56. The molecule has 1 fully saturated rings. The maximum atomic E-state index is 6.03. The minimum absolute atomic E-state index is 0.367. The van der Waals surface area contributed by atoms with Crippen molar-refractivity contribution in [3.63, 3.8) is 0 Å².